The number of pyridine rings is 1. The van der Waals surface area contributed by atoms with Gasteiger partial charge < -0.3 is 10.3 Å². The van der Waals surface area contributed by atoms with Gasteiger partial charge in [0.1, 0.15) is 0 Å². The Labute approximate surface area is 113 Å². The van der Waals surface area contributed by atoms with E-state index in [0.717, 1.165) is 11.9 Å². The van der Waals surface area contributed by atoms with Crippen molar-refractivity contribution in [3.63, 3.8) is 0 Å². The van der Waals surface area contributed by atoms with Gasteiger partial charge in [0.2, 0.25) is 5.91 Å². The maximum absolute atomic E-state index is 11.8. The van der Waals surface area contributed by atoms with Gasteiger partial charge in [0, 0.05) is 11.3 Å². The number of carbonyl (C=O) groups excluding carboxylic acids is 1. The Morgan fingerprint density at radius 2 is 2.37 bits per heavy atom. The second-order valence-corrected chi connectivity index (χ2v) is 5.16. The number of amides is 1. The van der Waals surface area contributed by atoms with Crippen LogP contribution in [0.25, 0.3) is 11.2 Å². The zero-order valence-corrected chi connectivity index (χ0v) is 10.9. The van der Waals surface area contributed by atoms with Crippen molar-refractivity contribution in [3.8, 4) is 0 Å². The maximum Gasteiger partial charge on any atom is 0.224 e. The third-order valence-electron chi connectivity index (χ3n) is 2.74. The van der Waals surface area contributed by atoms with Crippen molar-refractivity contribution in [2.75, 3.05) is 5.32 Å². The lowest BCUT2D eigenvalue weighted by molar-refractivity contribution is -0.116. The van der Waals surface area contributed by atoms with E-state index in [-0.39, 0.29) is 5.91 Å². The van der Waals surface area contributed by atoms with Gasteiger partial charge in [0.05, 0.1) is 23.7 Å². The molecule has 2 N–H and O–H groups in total. The number of fused-ring (bicyclic) bond motifs is 1. The van der Waals surface area contributed by atoms with Gasteiger partial charge in [0.25, 0.3) is 0 Å². The first-order chi connectivity index (χ1) is 9.31. The lowest BCUT2D eigenvalue weighted by Gasteiger charge is -2.04. The van der Waals surface area contributed by atoms with Gasteiger partial charge in [-0.05, 0) is 23.9 Å². The molecule has 96 valence electrons. The van der Waals surface area contributed by atoms with Crippen LogP contribution >= 0.6 is 11.3 Å². The van der Waals surface area contributed by atoms with E-state index in [1.54, 1.807) is 23.9 Å². The number of H-pyrrole nitrogens is 1. The summed E-state index contributed by atoms with van der Waals surface area (Å²) in [5.41, 5.74) is 2.15. The quantitative estimate of drug-likeness (QED) is 0.767. The zero-order chi connectivity index (χ0) is 13.1. The fraction of sp³-hybridized carbons (Fsp3) is 0.154. The van der Waals surface area contributed by atoms with Crippen LogP contribution < -0.4 is 5.32 Å². The molecule has 5 nitrogen and oxygen atoms in total. The molecule has 0 saturated carbocycles. The molecule has 0 atom stereocenters. The highest BCUT2D eigenvalue weighted by atomic mass is 32.1. The molecule has 3 rings (SSSR count). The van der Waals surface area contributed by atoms with E-state index in [4.69, 9.17) is 0 Å². The van der Waals surface area contributed by atoms with Gasteiger partial charge in [-0.15, -0.1) is 11.3 Å². The van der Waals surface area contributed by atoms with Gasteiger partial charge >= 0.3 is 0 Å². The number of hydrogen-bond acceptors (Lipinski definition) is 4. The molecule has 19 heavy (non-hydrogen) atoms. The molecule has 0 aromatic carbocycles. The summed E-state index contributed by atoms with van der Waals surface area (Å²) in [4.78, 5) is 24.2. The fourth-order valence-corrected chi connectivity index (χ4v) is 2.52. The Balaban J connectivity index is 1.62. The molecule has 0 saturated heterocycles. The number of nitrogens with zero attached hydrogens (tertiary/aromatic N) is 2. The number of anilines is 1. The molecule has 0 aliphatic rings. The Kier molecular flexibility index (Phi) is 3.24. The number of aryl methyl sites for hydroxylation is 1. The molecular formula is C13H12N4OS. The van der Waals surface area contributed by atoms with Crippen LogP contribution in [0.2, 0.25) is 0 Å². The zero-order valence-electron chi connectivity index (χ0n) is 10.1. The van der Waals surface area contributed by atoms with Gasteiger partial charge in [-0.1, -0.05) is 6.07 Å². The smallest absolute Gasteiger partial charge is 0.224 e. The minimum absolute atomic E-state index is 0.00550. The van der Waals surface area contributed by atoms with Crippen LogP contribution in [-0.2, 0) is 11.2 Å². The Hall–Kier alpha value is -2.21. The topological polar surface area (TPSA) is 70.7 Å². The van der Waals surface area contributed by atoms with Crippen LogP contribution in [0.5, 0.6) is 0 Å². The number of aromatic amines is 1. The van der Waals surface area contributed by atoms with Gasteiger partial charge in [0.15, 0.2) is 5.65 Å². The van der Waals surface area contributed by atoms with E-state index in [0.29, 0.717) is 17.8 Å². The molecule has 0 bridgehead atoms. The van der Waals surface area contributed by atoms with Crippen molar-refractivity contribution in [3.05, 3.63) is 41.0 Å². The summed E-state index contributed by atoms with van der Waals surface area (Å²) in [5.74, 6) is -0.00550. The van der Waals surface area contributed by atoms with Crippen LogP contribution in [0.3, 0.4) is 0 Å². The van der Waals surface area contributed by atoms with Crippen LogP contribution in [0, 0.1) is 0 Å². The average Bonchev–Trinajstić information content (AvgIpc) is 3.07. The minimum Gasteiger partial charge on any atom is -0.343 e. The number of thiophene rings is 1. The molecule has 1 amide bonds. The van der Waals surface area contributed by atoms with Crippen LogP contribution in [-0.4, -0.2) is 20.9 Å². The SMILES string of the molecule is O=C(CCc1cccs1)Nc1cnc2nc[nH]c2c1. The lowest BCUT2D eigenvalue weighted by Crippen LogP contribution is -2.12. The van der Waals surface area contributed by atoms with Crippen molar-refractivity contribution < 1.29 is 4.79 Å². The molecule has 0 aliphatic heterocycles. The highest BCUT2D eigenvalue weighted by Crippen LogP contribution is 2.14. The molecule has 3 aromatic rings. The van der Waals surface area contributed by atoms with Crippen LogP contribution in [0.4, 0.5) is 5.69 Å². The number of carbonyl (C=O) groups is 1. The van der Waals surface area contributed by atoms with Crippen molar-refractivity contribution >= 4 is 34.1 Å². The fourth-order valence-electron chi connectivity index (χ4n) is 1.81. The Morgan fingerprint density at radius 1 is 1.42 bits per heavy atom. The highest BCUT2D eigenvalue weighted by molar-refractivity contribution is 7.09. The highest BCUT2D eigenvalue weighted by Gasteiger charge is 2.05. The number of aromatic nitrogens is 3. The van der Waals surface area contributed by atoms with E-state index in [2.05, 4.69) is 20.3 Å². The number of nitrogens with one attached hydrogen (secondary N) is 2. The minimum atomic E-state index is -0.00550. The number of hydrogen-bond donors (Lipinski definition) is 2. The largest absolute Gasteiger partial charge is 0.343 e. The summed E-state index contributed by atoms with van der Waals surface area (Å²) < 4.78 is 0. The number of rotatable bonds is 4. The molecule has 3 heterocycles. The van der Waals surface area contributed by atoms with E-state index in [1.165, 1.54) is 4.88 Å². The molecule has 0 spiro atoms. The molecule has 0 unspecified atom stereocenters. The second kappa shape index (κ2) is 5.19. The molecule has 0 fully saturated rings. The monoisotopic (exact) mass is 272 g/mol. The first kappa shape index (κ1) is 11.9. The van der Waals surface area contributed by atoms with Crippen molar-refractivity contribution in [1.82, 2.24) is 15.0 Å². The summed E-state index contributed by atoms with van der Waals surface area (Å²) in [6.07, 6.45) is 4.44. The van der Waals surface area contributed by atoms with Crippen molar-refractivity contribution in [2.24, 2.45) is 0 Å². The van der Waals surface area contributed by atoms with E-state index < -0.39 is 0 Å². The second-order valence-electron chi connectivity index (χ2n) is 4.13. The van der Waals surface area contributed by atoms with E-state index in [9.17, 15) is 4.79 Å². The molecule has 3 aromatic heterocycles. The summed E-state index contributed by atoms with van der Waals surface area (Å²) in [6, 6.07) is 5.86. The first-order valence-corrected chi connectivity index (χ1v) is 6.80. The van der Waals surface area contributed by atoms with Gasteiger partial charge in [-0.2, -0.15) is 0 Å². The first-order valence-electron chi connectivity index (χ1n) is 5.92. The van der Waals surface area contributed by atoms with E-state index in [1.807, 2.05) is 23.6 Å². The third kappa shape index (κ3) is 2.79. The maximum atomic E-state index is 11.8. The van der Waals surface area contributed by atoms with Gasteiger partial charge in [-0.25, -0.2) is 9.97 Å². The van der Waals surface area contributed by atoms with Crippen LogP contribution in [0.15, 0.2) is 36.1 Å². The summed E-state index contributed by atoms with van der Waals surface area (Å²) >= 11 is 1.67. The van der Waals surface area contributed by atoms with Crippen molar-refractivity contribution in [1.29, 1.82) is 0 Å². The number of imidazole rings is 1. The normalized spacial score (nSPS) is 10.7. The molecule has 0 radical (unpaired) electrons. The third-order valence-corrected chi connectivity index (χ3v) is 3.67. The average molecular weight is 272 g/mol. The van der Waals surface area contributed by atoms with Gasteiger partial charge in [-0.3, -0.25) is 4.79 Å². The summed E-state index contributed by atoms with van der Waals surface area (Å²) in [5, 5.41) is 4.86. The molecule has 0 aliphatic carbocycles. The Bertz CT molecular complexity index is 690. The predicted molar refractivity (Wildman–Crippen MR) is 75.2 cm³/mol. The molecule has 6 heteroatoms. The standard InChI is InChI=1S/C13H12N4OS/c18-12(4-3-10-2-1-5-19-10)17-9-6-11-13(14-7-9)16-8-15-11/h1-2,5-8H,3-4H2,(H,17,18)(H,14,15,16). The summed E-state index contributed by atoms with van der Waals surface area (Å²) in [7, 11) is 0. The van der Waals surface area contributed by atoms with E-state index >= 15 is 0 Å². The summed E-state index contributed by atoms with van der Waals surface area (Å²) in [6.45, 7) is 0. The Morgan fingerprint density at radius 3 is 3.21 bits per heavy atom. The van der Waals surface area contributed by atoms with Crippen molar-refractivity contribution in [2.45, 2.75) is 12.8 Å². The molecular weight excluding hydrogens is 260 g/mol. The van der Waals surface area contributed by atoms with Crippen LogP contribution in [0.1, 0.15) is 11.3 Å². The predicted octanol–water partition coefficient (Wildman–Crippen LogP) is 2.59. The lowest BCUT2D eigenvalue weighted by atomic mass is 10.2.